The maximum absolute atomic E-state index is 11.9. The molecule has 1 fully saturated rings. The second kappa shape index (κ2) is 6.72. The lowest BCUT2D eigenvalue weighted by atomic mass is 10.0. The number of anilines is 2. The molecule has 0 bridgehead atoms. The molecule has 5 N–H and O–H groups in total. The number of amides is 1. The van der Waals surface area contributed by atoms with E-state index >= 15 is 0 Å². The third-order valence-corrected chi connectivity index (χ3v) is 5.69. The Morgan fingerprint density at radius 2 is 1.93 bits per heavy atom. The number of carbonyl (C=O) groups excluding carboxylic acids is 1. The first kappa shape index (κ1) is 18.9. The highest BCUT2D eigenvalue weighted by Crippen LogP contribution is 2.32. The molecule has 12 heteroatoms. The molecule has 0 spiro atoms. The number of rotatable bonds is 5. The van der Waals surface area contributed by atoms with Gasteiger partial charge in [-0.05, 0) is 35.7 Å². The van der Waals surface area contributed by atoms with Gasteiger partial charge >= 0.3 is 10.2 Å². The molecule has 3 rings (SSSR count). The Morgan fingerprint density at radius 3 is 2.52 bits per heavy atom. The van der Waals surface area contributed by atoms with Gasteiger partial charge in [0.15, 0.2) is 0 Å². The predicted molar refractivity (Wildman–Crippen MR) is 98.5 cm³/mol. The molecule has 2 aromatic carbocycles. The Bertz CT molecular complexity index is 1110. The summed E-state index contributed by atoms with van der Waals surface area (Å²) in [6.45, 7) is -0.420. The van der Waals surface area contributed by atoms with Crippen molar-refractivity contribution in [2.75, 3.05) is 15.6 Å². The minimum absolute atomic E-state index is 0.0342. The van der Waals surface area contributed by atoms with Crippen LogP contribution < -0.4 is 18.9 Å². The third kappa shape index (κ3) is 4.30. The van der Waals surface area contributed by atoms with E-state index in [9.17, 15) is 26.7 Å². The largest absolute Gasteiger partial charge is 0.506 e. The monoisotopic (exact) mass is 412 g/mol. The zero-order chi connectivity index (χ0) is 19.8. The SMILES string of the molecule is NS(=O)(=O)Nc1ccccc1Cc1ccc(N2CC(=O)NS2(=O)=O)c(O)c1. The van der Waals surface area contributed by atoms with Gasteiger partial charge in [0.1, 0.15) is 12.3 Å². The molecular weight excluding hydrogens is 396 g/mol. The first-order chi connectivity index (χ1) is 12.5. The second-order valence-electron chi connectivity index (χ2n) is 5.84. The lowest BCUT2D eigenvalue weighted by molar-refractivity contribution is -0.117. The molecule has 10 nitrogen and oxygen atoms in total. The number of phenolic OH excluding ortho intramolecular Hbond substituents is 1. The van der Waals surface area contributed by atoms with Crippen LogP contribution in [0.15, 0.2) is 42.5 Å². The van der Waals surface area contributed by atoms with E-state index in [0.717, 1.165) is 4.31 Å². The van der Waals surface area contributed by atoms with Crippen molar-refractivity contribution < 1.29 is 26.7 Å². The van der Waals surface area contributed by atoms with Crippen LogP contribution in [0.25, 0.3) is 0 Å². The molecule has 0 aliphatic carbocycles. The van der Waals surface area contributed by atoms with E-state index in [1.807, 2.05) is 4.72 Å². The molecule has 144 valence electrons. The van der Waals surface area contributed by atoms with Crippen molar-refractivity contribution in [3.63, 3.8) is 0 Å². The quantitative estimate of drug-likeness (QED) is 0.531. The molecule has 1 aliphatic heterocycles. The zero-order valence-corrected chi connectivity index (χ0v) is 15.4. The standard InChI is InChI=1S/C15H16N4O6S2/c16-26(22,23)17-12-4-2-1-3-11(12)7-10-5-6-13(14(20)8-10)19-9-15(21)18-27(19,24)25/h1-6,8,17,20H,7,9H2,(H,18,21)(H2,16,22,23). The summed E-state index contributed by atoms with van der Waals surface area (Å²) < 4.78 is 51.1. The van der Waals surface area contributed by atoms with E-state index in [0.29, 0.717) is 16.8 Å². The number of hydrogen-bond acceptors (Lipinski definition) is 6. The van der Waals surface area contributed by atoms with Gasteiger partial charge in [-0.2, -0.15) is 16.8 Å². The smallest absolute Gasteiger partial charge is 0.326 e. The highest BCUT2D eigenvalue weighted by atomic mass is 32.2. The van der Waals surface area contributed by atoms with Crippen molar-refractivity contribution in [3.8, 4) is 5.75 Å². The van der Waals surface area contributed by atoms with Crippen LogP contribution in [0.1, 0.15) is 11.1 Å². The molecule has 0 saturated carbocycles. The lowest BCUT2D eigenvalue weighted by Crippen LogP contribution is -2.29. The summed E-state index contributed by atoms with van der Waals surface area (Å²) in [5, 5.41) is 15.2. The summed E-state index contributed by atoms with van der Waals surface area (Å²) in [7, 11) is -7.98. The maximum atomic E-state index is 11.9. The second-order valence-corrected chi connectivity index (χ2v) is 8.73. The van der Waals surface area contributed by atoms with Gasteiger partial charge < -0.3 is 5.11 Å². The van der Waals surface area contributed by atoms with E-state index in [1.165, 1.54) is 12.1 Å². The van der Waals surface area contributed by atoms with Crippen molar-refractivity contribution in [3.05, 3.63) is 53.6 Å². The van der Waals surface area contributed by atoms with Crippen LogP contribution in [-0.2, 0) is 31.6 Å². The Kier molecular flexibility index (Phi) is 4.71. The molecule has 1 amide bonds. The summed E-state index contributed by atoms with van der Waals surface area (Å²) in [4.78, 5) is 11.3. The number of nitrogens with one attached hydrogen (secondary N) is 2. The van der Waals surface area contributed by atoms with Crippen molar-refractivity contribution in [1.29, 1.82) is 0 Å². The number of benzene rings is 2. The Morgan fingerprint density at radius 1 is 1.22 bits per heavy atom. The molecule has 27 heavy (non-hydrogen) atoms. The highest BCUT2D eigenvalue weighted by molar-refractivity contribution is 7.92. The third-order valence-electron chi connectivity index (χ3n) is 3.79. The van der Waals surface area contributed by atoms with Crippen LogP contribution in [0.5, 0.6) is 5.75 Å². The van der Waals surface area contributed by atoms with Crippen LogP contribution in [0.3, 0.4) is 0 Å². The van der Waals surface area contributed by atoms with Crippen LogP contribution in [0, 0.1) is 0 Å². The molecule has 0 unspecified atom stereocenters. The lowest BCUT2D eigenvalue weighted by Gasteiger charge is -2.17. The molecule has 1 saturated heterocycles. The summed E-state index contributed by atoms with van der Waals surface area (Å²) in [6, 6.07) is 10.9. The van der Waals surface area contributed by atoms with Gasteiger partial charge in [0.05, 0.1) is 11.4 Å². The van der Waals surface area contributed by atoms with Gasteiger partial charge in [0.2, 0.25) is 0 Å². The van der Waals surface area contributed by atoms with Gasteiger partial charge in [-0.1, -0.05) is 24.3 Å². The van der Waals surface area contributed by atoms with Gasteiger partial charge in [0, 0.05) is 0 Å². The minimum Gasteiger partial charge on any atom is -0.506 e. The number of nitrogens with two attached hydrogens (primary N) is 1. The fourth-order valence-corrected chi connectivity index (χ4v) is 4.37. The van der Waals surface area contributed by atoms with Crippen LogP contribution >= 0.6 is 0 Å². The summed E-state index contributed by atoms with van der Waals surface area (Å²) in [5.41, 5.74) is 1.45. The number of carbonyl (C=O) groups is 1. The van der Waals surface area contributed by atoms with Crippen molar-refractivity contribution in [2.45, 2.75) is 6.42 Å². The summed E-state index contributed by atoms with van der Waals surface area (Å²) in [5.74, 6) is -1.02. The maximum Gasteiger partial charge on any atom is 0.326 e. The van der Waals surface area contributed by atoms with Crippen molar-refractivity contribution in [1.82, 2.24) is 4.72 Å². The molecule has 1 aliphatic rings. The average molecular weight is 412 g/mol. The summed E-state index contributed by atoms with van der Waals surface area (Å²) >= 11 is 0. The minimum atomic E-state index is -4.03. The van der Waals surface area contributed by atoms with E-state index in [2.05, 4.69) is 4.72 Å². The molecule has 0 aromatic heterocycles. The first-order valence-corrected chi connectivity index (χ1v) is 10.6. The van der Waals surface area contributed by atoms with Crippen LogP contribution in [0.2, 0.25) is 0 Å². The Balaban J connectivity index is 1.89. The summed E-state index contributed by atoms with van der Waals surface area (Å²) in [6.07, 6.45) is 0.246. The van der Waals surface area contributed by atoms with Gasteiger partial charge in [0.25, 0.3) is 16.1 Å². The van der Waals surface area contributed by atoms with E-state index in [1.54, 1.807) is 30.3 Å². The highest BCUT2D eigenvalue weighted by Gasteiger charge is 2.35. The molecule has 0 atom stereocenters. The van der Waals surface area contributed by atoms with Crippen molar-refractivity contribution >= 4 is 37.7 Å². The number of aromatic hydroxyl groups is 1. The molecular formula is C15H16N4O6S2. The number of nitrogens with zero attached hydrogens (tertiary/aromatic N) is 1. The van der Waals surface area contributed by atoms with Gasteiger partial charge in [-0.25, -0.2) is 14.2 Å². The van der Waals surface area contributed by atoms with E-state index in [-0.39, 0.29) is 17.9 Å². The Labute approximate surface area is 156 Å². The predicted octanol–water partition coefficient (Wildman–Crippen LogP) is -0.221. The molecule has 1 heterocycles. The average Bonchev–Trinajstić information content (AvgIpc) is 2.80. The number of hydrogen-bond donors (Lipinski definition) is 4. The fourth-order valence-electron chi connectivity index (χ4n) is 2.70. The fraction of sp³-hybridized carbons (Fsp3) is 0.133. The number of para-hydroxylation sites is 1. The number of phenols is 1. The Hall–Kier alpha value is -2.83. The normalized spacial score (nSPS) is 16.2. The van der Waals surface area contributed by atoms with Crippen LogP contribution in [-0.4, -0.2) is 34.4 Å². The van der Waals surface area contributed by atoms with Gasteiger partial charge in [-0.15, -0.1) is 0 Å². The van der Waals surface area contributed by atoms with Crippen molar-refractivity contribution in [2.24, 2.45) is 5.14 Å². The molecule has 0 radical (unpaired) electrons. The van der Waals surface area contributed by atoms with E-state index in [4.69, 9.17) is 5.14 Å². The van der Waals surface area contributed by atoms with E-state index < -0.39 is 32.9 Å². The first-order valence-electron chi connectivity index (χ1n) is 7.59. The topological polar surface area (TPSA) is 159 Å². The van der Waals surface area contributed by atoms with Gasteiger partial charge in [-0.3, -0.25) is 9.52 Å². The van der Waals surface area contributed by atoms with Crippen LogP contribution in [0.4, 0.5) is 11.4 Å². The molecule has 2 aromatic rings. The zero-order valence-electron chi connectivity index (χ0n) is 13.8.